The number of urea groups is 1. The lowest BCUT2D eigenvalue weighted by Crippen LogP contribution is -2.46. The molecule has 1 atom stereocenters. The Morgan fingerprint density at radius 3 is 2.67 bits per heavy atom. The number of carbonyl (C=O) groups excluding carboxylic acids is 2. The Morgan fingerprint density at radius 1 is 1.29 bits per heavy atom. The molecule has 0 bridgehead atoms. The second-order valence-electron chi connectivity index (χ2n) is 6.98. The van der Waals surface area contributed by atoms with Crippen LogP contribution < -0.4 is 16.4 Å². The standard InChI is InChI=1S/C17H26N4O3/c1-17(2,3)24-16(23)21-9-5-8-14(11-21)19-12-6-4-7-13(10-12)20-15(18)22/h4,6-7,10,14,19H,5,8-9,11H2,1-3H3,(H3,18,20,22). The highest BCUT2D eigenvalue weighted by Crippen LogP contribution is 2.20. The van der Waals surface area contributed by atoms with Crippen LogP contribution in [0.5, 0.6) is 0 Å². The van der Waals surface area contributed by atoms with Crippen molar-refractivity contribution in [3.8, 4) is 0 Å². The molecule has 1 saturated heterocycles. The first kappa shape index (κ1) is 17.9. The van der Waals surface area contributed by atoms with Crippen molar-refractivity contribution < 1.29 is 14.3 Å². The highest BCUT2D eigenvalue weighted by Gasteiger charge is 2.27. The van der Waals surface area contributed by atoms with Crippen molar-refractivity contribution in [3.05, 3.63) is 24.3 Å². The van der Waals surface area contributed by atoms with E-state index in [-0.39, 0.29) is 12.1 Å². The third-order valence-corrected chi connectivity index (χ3v) is 3.57. The molecule has 3 amide bonds. The predicted octanol–water partition coefficient (Wildman–Crippen LogP) is 2.99. The normalized spacial score (nSPS) is 18.0. The molecule has 4 N–H and O–H groups in total. The van der Waals surface area contributed by atoms with Crippen LogP contribution >= 0.6 is 0 Å². The number of primary amides is 1. The molecular weight excluding hydrogens is 308 g/mol. The molecule has 1 heterocycles. The van der Waals surface area contributed by atoms with Gasteiger partial charge in [0.1, 0.15) is 5.60 Å². The van der Waals surface area contributed by atoms with Crippen molar-refractivity contribution in [1.82, 2.24) is 4.90 Å². The third kappa shape index (κ3) is 5.64. The van der Waals surface area contributed by atoms with E-state index in [1.54, 1.807) is 11.0 Å². The summed E-state index contributed by atoms with van der Waals surface area (Å²) >= 11 is 0. The minimum atomic E-state index is -0.596. The quantitative estimate of drug-likeness (QED) is 0.791. The summed E-state index contributed by atoms with van der Waals surface area (Å²) in [5.74, 6) is 0. The van der Waals surface area contributed by atoms with Gasteiger partial charge in [0, 0.05) is 30.5 Å². The summed E-state index contributed by atoms with van der Waals surface area (Å²) in [5, 5.41) is 5.95. The number of nitrogens with two attached hydrogens (primary N) is 1. The van der Waals surface area contributed by atoms with Gasteiger partial charge in [-0.15, -0.1) is 0 Å². The SMILES string of the molecule is CC(C)(C)OC(=O)N1CCCC(Nc2cccc(NC(N)=O)c2)C1. The molecule has 1 fully saturated rings. The maximum absolute atomic E-state index is 12.2. The molecule has 0 spiro atoms. The summed E-state index contributed by atoms with van der Waals surface area (Å²) in [6.07, 6.45) is 1.60. The van der Waals surface area contributed by atoms with E-state index in [0.717, 1.165) is 18.5 Å². The molecule has 1 aromatic rings. The zero-order chi connectivity index (χ0) is 17.7. The lowest BCUT2D eigenvalue weighted by atomic mass is 10.1. The van der Waals surface area contributed by atoms with Crippen molar-refractivity contribution in [2.75, 3.05) is 23.7 Å². The molecule has 0 saturated carbocycles. The molecule has 132 valence electrons. The van der Waals surface area contributed by atoms with E-state index < -0.39 is 11.6 Å². The Kier molecular flexibility index (Phi) is 5.54. The van der Waals surface area contributed by atoms with Crippen LogP contribution in [0.15, 0.2) is 24.3 Å². The number of likely N-dealkylation sites (tertiary alicyclic amines) is 1. The van der Waals surface area contributed by atoms with E-state index in [1.807, 2.05) is 39.0 Å². The van der Waals surface area contributed by atoms with E-state index in [9.17, 15) is 9.59 Å². The molecule has 1 unspecified atom stereocenters. The van der Waals surface area contributed by atoms with E-state index in [4.69, 9.17) is 10.5 Å². The molecule has 0 radical (unpaired) electrons. The highest BCUT2D eigenvalue weighted by atomic mass is 16.6. The zero-order valence-corrected chi connectivity index (χ0v) is 14.5. The third-order valence-electron chi connectivity index (χ3n) is 3.57. The molecule has 1 aromatic carbocycles. The fraction of sp³-hybridized carbons (Fsp3) is 0.529. The average Bonchev–Trinajstić information content (AvgIpc) is 2.45. The second kappa shape index (κ2) is 7.42. The molecule has 1 aliphatic heterocycles. The Morgan fingerprint density at radius 2 is 2.00 bits per heavy atom. The first-order valence-electron chi connectivity index (χ1n) is 8.14. The van der Waals surface area contributed by atoms with Gasteiger partial charge in [0.2, 0.25) is 0 Å². The van der Waals surface area contributed by atoms with Crippen LogP contribution in [-0.2, 0) is 4.74 Å². The molecule has 1 aliphatic rings. The summed E-state index contributed by atoms with van der Waals surface area (Å²) in [4.78, 5) is 24.9. The molecule has 0 aliphatic carbocycles. The Labute approximate surface area is 142 Å². The number of hydrogen-bond donors (Lipinski definition) is 3. The number of anilines is 2. The van der Waals surface area contributed by atoms with E-state index in [2.05, 4.69) is 10.6 Å². The lowest BCUT2D eigenvalue weighted by molar-refractivity contribution is 0.0206. The Hall–Kier alpha value is -2.44. The van der Waals surface area contributed by atoms with Crippen molar-refractivity contribution in [2.24, 2.45) is 5.73 Å². The van der Waals surface area contributed by atoms with Crippen LogP contribution in [0.3, 0.4) is 0 Å². The smallest absolute Gasteiger partial charge is 0.410 e. The number of nitrogens with zero attached hydrogens (tertiary/aromatic N) is 1. The maximum Gasteiger partial charge on any atom is 0.410 e. The van der Waals surface area contributed by atoms with Crippen molar-refractivity contribution >= 4 is 23.5 Å². The zero-order valence-electron chi connectivity index (χ0n) is 14.5. The largest absolute Gasteiger partial charge is 0.444 e. The molecule has 24 heavy (non-hydrogen) atoms. The number of piperidine rings is 1. The molecule has 2 rings (SSSR count). The minimum absolute atomic E-state index is 0.134. The number of ether oxygens (including phenoxy) is 1. The summed E-state index contributed by atoms with van der Waals surface area (Å²) < 4.78 is 5.44. The van der Waals surface area contributed by atoms with E-state index >= 15 is 0 Å². The lowest BCUT2D eigenvalue weighted by Gasteiger charge is -2.34. The van der Waals surface area contributed by atoms with Gasteiger partial charge >= 0.3 is 12.1 Å². The summed E-state index contributed by atoms with van der Waals surface area (Å²) in [6.45, 7) is 6.88. The van der Waals surface area contributed by atoms with E-state index in [1.165, 1.54) is 0 Å². The molecule has 0 aromatic heterocycles. The van der Waals surface area contributed by atoms with Gasteiger partial charge in [-0.2, -0.15) is 0 Å². The van der Waals surface area contributed by atoms with Gasteiger partial charge in [-0.3, -0.25) is 0 Å². The monoisotopic (exact) mass is 334 g/mol. The maximum atomic E-state index is 12.2. The highest BCUT2D eigenvalue weighted by molar-refractivity contribution is 5.88. The topological polar surface area (TPSA) is 96.7 Å². The number of nitrogens with one attached hydrogen (secondary N) is 2. The number of amides is 3. The van der Waals surface area contributed by atoms with Crippen LogP contribution in [0.1, 0.15) is 33.6 Å². The van der Waals surface area contributed by atoms with Gasteiger partial charge in [-0.1, -0.05) is 6.07 Å². The van der Waals surface area contributed by atoms with Gasteiger partial charge in [0.25, 0.3) is 0 Å². The predicted molar refractivity (Wildman–Crippen MR) is 94.1 cm³/mol. The van der Waals surface area contributed by atoms with Crippen LogP contribution in [0.2, 0.25) is 0 Å². The van der Waals surface area contributed by atoms with E-state index in [0.29, 0.717) is 18.8 Å². The Bertz CT molecular complexity index is 598. The van der Waals surface area contributed by atoms with Gasteiger partial charge in [0.15, 0.2) is 0 Å². The molecule has 7 heteroatoms. The van der Waals surface area contributed by atoms with Gasteiger partial charge in [-0.05, 0) is 51.8 Å². The van der Waals surface area contributed by atoms with Gasteiger partial charge in [-0.25, -0.2) is 9.59 Å². The Balaban J connectivity index is 1.95. The number of rotatable bonds is 3. The van der Waals surface area contributed by atoms with Crippen molar-refractivity contribution in [2.45, 2.75) is 45.3 Å². The second-order valence-corrected chi connectivity index (χ2v) is 6.98. The van der Waals surface area contributed by atoms with Crippen LogP contribution in [0, 0.1) is 0 Å². The number of hydrogen-bond acceptors (Lipinski definition) is 4. The fourth-order valence-corrected chi connectivity index (χ4v) is 2.65. The first-order valence-corrected chi connectivity index (χ1v) is 8.14. The molecular formula is C17H26N4O3. The van der Waals surface area contributed by atoms with Crippen molar-refractivity contribution in [1.29, 1.82) is 0 Å². The summed E-state index contributed by atoms with van der Waals surface area (Å²) in [5.41, 5.74) is 6.14. The first-order chi connectivity index (χ1) is 11.2. The van der Waals surface area contributed by atoms with Crippen molar-refractivity contribution in [3.63, 3.8) is 0 Å². The summed E-state index contributed by atoms with van der Waals surface area (Å²) in [6, 6.07) is 6.87. The minimum Gasteiger partial charge on any atom is -0.444 e. The number of carbonyl (C=O) groups is 2. The average molecular weight is 334 g/mol. The van der Waals surface area contributed by atoms with Gasteiger partial charge in [0.05, 0.1) is 0 Å². The van der Waals surface area contributed by atoms with Crippen LogP contribution in [0.4, 0.5) is 21.0 Å². The van der Waals surface area contributed by atoms with Gasteiger partial charge < -0.3 is 26.0 Å². The fourth-order valence-electron chi connectivity index (χ4n) is 2.65. The molecule has 7 nitrogen and oxygen atoms in total. The van der Waals surface area contributed by atoms with Crippen LogP contribution in [0.25, 0.3) is 0 Å². The number of benzene rings is 1. The summed E-state index contributed by atoms with van der Waals surface area (Å²) in [7, 11) is 0. The van der Waals surface area contributed by atoms with Crippen LogP contribution in [-0.4, -0.2) is 41.8 Å².